The van der Waals surface area contributed by atoms with Crippen LogP contribution in [0.5, 0.6) is 0 Å². The summed E-state index contributed by atoms with van der Waals surface area (Å²) in [6, 6.07) is 7.00. The summed E-state index contributed by atoms with van der Waals surface area (Å²) in [7, 11) is 0. The number of carboxylic acid groups (broad SMARTS) is 1. The predicted octanol–water partition coefficient (Wildman–Crippen LogP) is 2.28. The van der Waals surface area contributed by atoms with Crippen molar-refractivity contribution in [3.63, 3.8) is 0 Å². The van der Waals surface area contributed by atoms with E-state index in [0.29, 0.717) is 24.4 Å². The van der Waals surface area contributed by atoms with Crippen molar-refractivity contribution in [2.24, 2.45) is 0 Å². The van der Waals surface area contributed by atoms with Crippen molar-refractivity contribution in [3.8, 4) is 0 Å². The van der Waals surface area contributed by atoms with Gasteiger partial charge in [-0.15, -0.1) is 0 Å². The largest absolute Gasteiger partial charge is 0.476 e. The number of rotatable bonds is 10. The van der Waals surface area contributed by atoms with Crippen LogP contribution in [-0.2, 0) is 9.53 Å². The molecule has 1 heterocycles. The molecule has 1 aromatic carbocycles. The number of likely N-dealkylation sites (N-methyl/N-ethyl adjacent to an activating group) is 1. The van der Waals surface area contributed by atoms with E-state index in [0.717, 1.165) is 13.1 Å². The van der Waals surface area contributed by atoms with Crippen molar-refractivity contribution in [1.82, 2.24) is 14.7 Å². The van der Waals surface area contributed by atoms with Crippen LogP contribution in [0.25, 0.3) is 0 Å². The topological polar surface area (TPSA) is 114 Å². The summed E-state index contributed by atoms with van der Waals surface area (Å²) in [5.41, 5.74) is 0.773. The van der Waals surface area contributed by atoms with Gasteiger partial charge in [-0.05, 0) is 50.3 Å². The van der Waals surface area contributed by atoms with Gasteiger partial charge in [0, 0.05) is 18.4 Å². The van der Waals surface area contributed by atoms with Gasteiger partial charge in [0.2, 0.25) is 5.91 Å². The molecule has 1 unspecified atom stereocenters. The van der Waals surface area contributed by atoms with Crippen LogP contribution < -0.4 is 5.32 Å². The number of aromatic carboxylic acids is 1. The Morgan fingerprint density at radius 2 is 1.83 bits per heavy atom. The molecule has 2 rings (SSSR count). The molecule has 0 aliphatic rings. The van der Waals surface area contributed by atoms with Gasteiger partial charge in [-0.3, -0.25) is 9.48 Å². The van der Waals surface area contributed by atoms with Crippen molar-refractivity contribution in [3.05, 3.63) is 47.8 Å². The van der Waals surface area contributed by atoms with E-state index in [9.17, 15) is 14.4 Å². The van der Waals surface area contributed by atoms with Gasteiger partial charge >= 0.3 is 11.9 Å². The Labute approximate surface area is 169 Å². The van der Waals surface area contributed by atoms with Gasteiger partial charge in [0.15, 0.2) is 5.69 Å². The third-order valence-corrected chi connectivity index (χ3v) is 4.53. The number of nitrogens with zero attached hydrogens (tertiary/aromatic N) is 3. The standard InChI is InChI=1S/C20H26N4O5/c1-4-23(5-2)12-13-29-20(28)15-6-8-16(9-7-15)21-18(25)14(3)24-11-10-17(22-24)19(26)27/h6-11,14H,4-5,12-13H2,1-3H3,(H,21,25)(H,26,27). The number of anilines is 1. The number of esters is 1. The minimum absolute atomic E-state index is 0.131. The maximum atomic E-state index is 12.4. The first kappa shape index (κ1) is 22.1. The zero-order valence-electron chi connectivity index (χ0n) is 16.8. The molecule has 0 saturated heterocycles. The number of benzene rings is 1. The number of aromatic nitrogens is 2. The Hall–Kier alpha value is -3.20. The third kappa shape index (κ3) is 6.15. The fourth-order valence-electron chi connectivity index (χ4n) is 2.61. The van der Waals surface area contributed by atoms with Gasteiger partial charge in [-0.2, -0.15) is 5.10 Å². The molecule has 0 aliphatic carbocycles. The summed E-state index contributed by atoms with van der Waals surface area (Å²) in [5.74, 6) is -1.93. The summed E-state index contributed by atoms with van der Waals surface area (Å²) in [4.78, 5) is 37.5. The first-order chi connectivity index (χ1) is 13.8. The van der Waals surface area contributed by atoms with Gasteiger partial charge in [0.25, 0.3) is 0 Å². The molecule has 0 aliphatic heterocycles. The van der Waals surface area contributed by atoms with E-state index in [-0.39, 0.29) is 11.6 Å². The van der Waals surface area contributed by atoms with E-state index < -0.39 is 18.0 Å². The molecular formula is C20H26N4O5. The molecule has 9 nitrogen and oxygen atoms in total. The number of nitrogens with one attached hydrogen (secondary N) is 1. The maximum absolute atomic E-state index is 12.4. The molecule has 1 aromatic heterocycles. The molecule has 156 valence electrons. The summed E-state index contributed by atoms with van der Waals surface area (Å²) in [5, 5.41) is 15.5. The van der Waals surface area contributed by atoms with Crippen molar-refractivity contribution in [2.45, 2.75) is 26.8 Å². The Morgan fingerprint density at radius 3 is 2.38 bits per heavy atom. The van der Waals surface area contributed by atoms with Crippen molar-refractivity contribution in [2.75, 3.05) is 31.6 Å². The molecule has 0 radical (unpaired) electrons. The van der Waals surface area contributed by atoms with E-state index in [2.05, 4.69) is 29.2 Å². The van der Waals surface area contributed by atoms with Crippen LogP contribution in [-0.4, -0.2) is 63.9 Å². The van der Waals surface area contributed by atoms with Crippen LogP contribution in [0, 0.1) is 0 Å². The van der Waals surface area contributed by atoms with E-state index in [1.165, 1.54) is 16.9 Å². The summed E-state index contributed by atoms with van der Waals surface area (Å²) in [6.07, 6.45) is 1.44. The molecule has 2 aromatic rings. The van der Waals surface area contributed by atoms with Crippen molar-refractivity contribution < 1.29 is 24.2 Å². The lowest BCUT2D eigenvalue weighted by molar-refractivity contribution is -0.119. The quantitative estimate of drug-likeness (QED) is 0.586. The minimum Gasteiger partial charge on any atom is -0.476 e. The lowest BCUT2D eigenvalue weighted by Crippen LogP contribution is -2.27. The van der Waals surface area contributed by atoms with Gasteiger partial charge in [0.1, 0.15) is 12.6 Å². The summed E-state index contributed by atoms with van der Waals surface area (Å²) >= 11 is 0. The molecule has 0 saturated carbocycles. The SMILES string of the molecule is CCN(CC)CCOC(=O)c1ccc(NC(=O)C(C)n2ccc(C(=O)O)n2)cc1. The van der Waals surface area contributed by atoms with Gasteiger partial charge < -0.3 is 20.1 Å². The number of ether oxygens (including phenoxy) is 1. The highest BCUT2D eigenvalue weighted by Gasteiger charge is 2.18. The van der Waals surface area contributed by atoms with Crippen LogP contribution in [0.4, 0.5) is 5.69 Å². The fourth-order valence-corrected chi connectivity index (χ4v) is 2.61. The highest BCUT2D eigenvalue weighted by molar-refractivity contribution is 5.95. The second-order valence-corrected chi connectivity index (χ2v) is 6.39. The van der Waals surface area contributed by atoms with Gasteiger partial charge in [-0.1, -0.05) is 13.8 Å². The Balaban J connectivity index is 1.89. The number of hydrogen-bond acceptors (Lipinski definition) is 6. The molecule has 0 bridgehead atoms. The first-order valence-electron chi connectivity index (χ1n) is 9.44. The monoisotopic (exact) mass is 402 g/mol. The number of amides is 1. The second-order valence-electron chi connectivity index (χ2n) is 6.39. The average Bonchev–Trinajstić information content (AvgIpc) is 3.21. The lowest BCUT2D eigenvalue weighted by Gasteiger charge is -2.17. The Kier molecular flexibility index (Phi) is 7.90. The van der Waals surface area contributed by atoms with Crippen molar-refractivity contribution in [1.29, 1.82) is 0 Å². The fraction of sp³-hybridized carbons (Fsp3) is 0.400. The van der Waals surface area contributed by atoms with Crippen LogP contribution in [0.2, 0.25) is 0 Å². The molecule has 1 atom stereocenters. The molecule has 0 fully saturated rings. The molecule has 0 spiro atoms. The summed E-state index contributed by atoms with van der Waals surface area (Å²) in [6.45, 7) is 8.51. The Bertz CT molecular complexity index is 843. The smallest absolute Gasteiger partial charge is 0.356 e. The normalized spacial score (nSPS) is 11.9. The highest BCUT2D eigenvalue weighted by Crippen LogP contribution is 2.14. The Morgan fingerprint density at radius 1 is 1.17 bits per heavy atom. The van der Waals surface area contributed by atoms with E-state index in [1.54, 1.807) is 31.2 Å². The number of carbonyl (C=O) groups is 3. The number of hydrogen-bond donors (Lipinski definition) is 2. The number of carboxylic acids is 1. The van der Waals surface area contributed by atoms with E-state index in [4.69, 9.17) is 9.84 Å². The maximum Gasteiger partial charge on any atom is 0.356 e. The van der Waals surface area contributed by atoms with Crippen LogP contribution in [0.15, 0.2) is 36.5 Å². The van der Waals surface area contributed by atoms with Gasteiger partial charge in [-0.25, -0.2) is 9.59 Å². The van der Waals surface area contributed by atoms with E-state index >= 15 is 0 Å². The molecule has 1 amide bonds. The lowest BCUT2D eigenvalue weighted by atomic mass is 10.2. The molecule has 29 heavy (non-hydrogen) atoms. The van der Waals surface area contributed by atoms with Gasteiger partial charge in [0.05, 0.1) is 5.56 Å². The highest BCUT2D eigenvalue weighted by atomic mass is 16.5. The predicted molar refractivity (Wildman–Crippen MR) is 107 cm³/mol. The van der Waals surface area contributed by atoms with Crippen molar-refractivity contribution >= 4 is 23.5 Å². The second kappa shape index (κ2) is 10.4. The van der Waals surface area contributed by atoms with E-state index in [1.807, 2.05) is 0 Å². The molecule has 9 heteroatoms. The van der Waals surface area contributed by atoms with Crippen LogP contribution in [0.3, 0.4) is 0 Å². The zero-order chi connectivity index (χ0) is 21.4. The molecule has 2 N–H and O–H groups in total. The zero-order valence-corrected chi connectivity index (χ0v) is 16.8. The summed E-state index contributed by atoms with van der Waals surface area (Å²) < 4.78 is 6.55. The van der Waals surface area contributed by atoms with Crippen LogP contribution in [0.1, 0.15) is 47.7 Å². The van der Waals surface area contributed by atoms with Crippen LogP contribution >= 0.6 is 0 Å². The minimum atomic E-state index is -1.16. The average molecular weight is 402 g/mol. The molecular weight excluding hydrogens is 376 g/mol. The third-order valence-electron chi connectivity index (χ3n) is 4.53. The number of carbonyl (C=O) groups excluding carboxylic acids is 2. The first-order valence-corrected chi connectivity index (χ1v) is 9.44.